The molecule has 0 atom stereocenters. The summed E-state index contributed by atoms with van der Waals surface area (Å²) in [6, 6.07) is 16.9. The van der Waals surface area contributed by atoms with Gasteiger partial charge in [-0.1, -0.05) is 55.3 Å². The molecule has 5 nitrogen and oxygen atoms in total. The molecule has 0 fully saturated rings. The third kappa shape index (κ3) is 6.81. The molecule has 2 aromatic carbocycles. The molecule has 0 aliphatic carbocycles. The molecule has 2 N–H and O–H groups in total. The van der Waals surface area contributed by atoms with E-state index in [1.807, 2.05) is 30.3 Å². The summed E-state index contributed by atoms with van der Waals surface area (Å²) in [5, 5.41) is 11.9. The fourth-order valence-electron chi connectivity index (χ4n) is 4.71. The van der Waals surface area contributed by atoms with Crippen LogP contribution in [0.25, 0.3) is 22.3 Å². The summed E-state index contributed by atoms with van der Waals surface area (Å²) in [6.07, 6.45) is 4.39. The SMILES string of the molecule is CC(=O)NCc1c(-c2ccccc2)c(-c2ccc(F)cc2)c(CCCCCCC(=O)O)n1C(C)C. The maximum Gasteiger partial charge on any atom is 0.303 e. The lowest BCUT2D eigenvalue weighted by Gasteiger charge is -2.19. The van der Waals surface area contributed by atoms with Crippen LogP contribution in [0.15, 0.2) is 54.6 Å². The molecule has 186 valence electrons. The molecule has 35 heavy (non-hydrogen) atoms. The maximum absolute atomic E-state index is 13.8. The van der Waals surface area contributed by atoms with Crippen molar-refractivity contribution in [3.05, 3.63) is 71.8 Å². The number of aliphatic carboxylic acids is 1. The first-order valence-corrected chi connectivity index (χ1v) is 12.3. The Hall–Kier alpha value is -3.41. The van der Waals surface area contributed by atoms with Crippen LogP contribution in [0.5, 0.6) is 0 Å². The number of carbonyl (C=O) groups excluding carboxylic acids is 1. The number of carboxylic acids is 1. The minimum Gasteiger partial charge on any atom is -0.481 e. The van der Waals surface area contributed by atoms with Crippen molar-refractivity contribution in [1.82, 2.24) is 9.88 Å². The zero-order chi connectivity index (χ0) is 25.4. The highest BCUT2D eigenvalue weighted by Crippen LogP contribution is 2.42. The highest BCUT2D eigenvalue weighted by atomic mass is 19.1. The molecule has 0 saturated heterocycles. The van der Waals surface area contributed by atoms with Crippen molar-refractivity contribution in [2.45, 2.75) is 71.9 Å². The Morgan fingerprint density at radius 1 is 0.886 bits per heavy atom. The number of hydrogen-bond donors (Lipinski definition) is 2. The molecule has 0 aliphatic heterocycles. The first-order valence-electron chi connectivity index (χ1n) is 12.3. The molecule has 3 aromatic rings. The molecular weight excluding hydrogens is 443 g/mol. The van der Waals surface area contributed by atoms with E-state index in [-0.39, 0.29) is 24.2 Å². The first kappa shape index (κ1) is 26.2. The summed E-state index contributed by atoms with van der Waals surface area (Å²) in [4.78, 5) is 22.7. The Balaban J connectivity index is 2.13. The van der Waals surface area contributed by atoms with E-state index in [1.165, 1.54) is 19.1 Å². The largest absolute Gasteiger partial charge is 0.481 e. The van der Waals surface area contributed by atoms with Crippen LogP contribution in [0.4, 0.5) is 4.39 Å². The maximum atomic E-state index is 13.8. The molecule has 1 heterocycles. The van der Waals surface area contributed by atoms with Crippen LogP contribution < -0.4 is 5.32 Å². The van der Waals surface area contributed by atoms with E-state index in [9.17, 15) is 14.0 Å². The van der Waals surface area contributed by atoms with Gasteiger partial charge in [0, 0.05) is 41.9 Å². The fourth-order valence-corrected chi connectivity index (χ4v) is 4.71. The van der Waals surface area contributed by atoms with Crippen LogP contribution in [0.3, 0.4) is 0 Å². The van der Waals surface area contributed by atoms with E-state index in [0.29, 0.717) is 13.0 Å². The molecule has 0 spiro atoms. The minimum absolute atomic E-state index is 0.0937. The van der Waals surface area contributed by atoms with Crippen molar-refractivity contribution < 1.29 is 19.1 Å². The van der Waals surface area contributed by atoms with Crippen LogP contribution in [0, 0.1) is 5.82 Å². The zero-order valence-electron chi connectivity index (χ0n) is 20.8. The number of halogens is 1. The summed E-state index contributed by atoms with van der Waals surface area (Å²) in [7, 11) is 0. The second kappa shape index (κ2) is 12.3. The van der Waals surface area contributed by atoms with Gasteiger partial charge >= 0.3 is 5.97 Å². The van der Waals surface area contributed by atoms with Gasteiger partial charge in [0.1, 0.15) is 5.82 Å². The number of nitrogens with zero attached hydrogens (tertiary/aromatic N) is 1. The monoisotopic (exact) mass is 478 g/mol. The van der Waals surface area contributed by atoms with Gasteiger partial charge in [0.05, 0.1) is 6.54 Å². The van der Waals surface area contributed by atoms with Crippen molar-refractivity contribution in [3.63, 3.8) is 0 Å². The third-order valence-electron chi connectivity index (χ3n) is 6.18. The molecule has 3 rings (SSSR count). The average Bonchev–Trinajstić information content (AvgIpc) is 3.15. The smallest absolute Gasteiger partial charge is 0.303 e. The van der Waals surface area contributed by atoms with E-state index < -0.39 is 5.97 Å². The molecule has 6 heteroatoms. The Morgan fingerprint density at radius 2 is 1.49 bits per heavy atom. The Labute approximate surface area is 207 Å². The van der Waals surface area contributed by atoms with Gasteiger partial charge in [-0.3, -0.25) is 9.59 Å². The summed E-state index contributed by atoms with van der Waals surface area (Å²) in [5.74, 6) is -1.13. The van der Waals surface area contributed by atoms with Crippen molar-refractivity contribution >= 4 is 11.9 Å². The predicted molar refractivity (Wildman–Crippen MR) is 138 cm³/mol. The molecule has 1 amide bonds. The van der Waals surface area contributed by atoms with Gasteiger partial charge in [0.15, 0.2) is 0 Å². The lowest BCUT2D eigenvalue weighted by Crippen LogP contribution is -2.22. The van der Waals surface area contributed by atoms with Gasteiger partial charge in [0.25, 0.3) is 0 Å². The van der Waals surface area contributed by atoms with Gasteiger partial charge in [-0.05, 0) is 56.4 Å². The van der Waals surface area contributed by atoms with Gasteiger partial charge in [-0.25, -0.2) is 4.39 Å². The topological polar surface area (TPSA) is 71.3 Å². The van der Waals surface area contributed by atoms with E-state index in [1.54, 1.807) is 0 Å². The Morgan fingerprint density at radius 3 is 2.09 bits per heavy atom. The molecule has 0 saturated carbocycles. The number of nitrogens with one attached hydrogen (secondary N) is 1. The Bertz CT molecular complexity index is 1130. The van der Waals surface area contributed by atoms with Gasteiger partial charge in [0.2, 0.25) is 5.91 Å². The lowest BCUT2D eigenvalue weighted by molar-refractivity contribution is -0.137. The van der Waals surface area contributed by atoms with Crippen LogP contribution in [0.1, 0.15) is 70.3 Å². The second-order valence-electron chi connectivity index (χ2n) is 9.20. The van der Waals surface area contributed by atoms with Crippen LogP contribution >= 0.6 is 0 Å². The van der Waals surface area contributed by atoms with Gasteiger partial charge in [-0.2, -0.15) is 0 Å². The van der Waals surface area contributed by atoms with E-state index in [4.69, 9.17) is 5.11 Å². The molecule has 0 unspecified atom stereocenters. The van der Waals surface area contributed by atoms with E-state index in [2.05, 4.69) is 35.9 Å². The number of amides is 1. The normalized spacial score (nSPS) is 11.1. The van der Waals surface area contributed by atoms with Crippen LogP contribution in [0.2, 0.25) is 0 Å². The second-order valence-corrected chi connectivity index (χ2v) is 9.20. The first-order chi connectivity index (χ1) is 16.8. The number of carbonyl (C=O) groups is 2. The molecule has 0 radical (unpaired) electrons. The molecule has 1 aromatic heterocycles. The minimum atomic E-state index is -0.757. The standard InChI is InChI=1S/C29H35FN2O3/c1-20(2)32-25(13-9-4-5-10-14-27(34)35)28(23-15-17-24(30)18-16-23)29(22-11-7-6-8-12-22)26(32)19-31-21(3)33/h6-8,11-12,15-18,20H,4-5,9-10,13-14,19H2,1-3H3,(H,31,33)(H,34,35). The highest BCUT2D eigenvalue weighted by molar-refractivity contribution is 5.88. The lowest BCUT2D eigenvalue weighted by atomic mass is 9.93. The summed E-state index contributed by atoms with van der Waals surface area (Å²) in [5.41, 5.74) is 6.30. The van der Waals surface area contributed by atoms with Crippen LogP contribution in [-0.4, -0.2) is 21.6 Å². The Kier molecular flexibility index (Phi) is 9.24. The van der Waals surface area contributed by atoms with E-state index >= 15 is 0 Å². The zero-order valence-corrected chi connectivity index (χ0v) is 20.8. The molecule has 0 aliphatic rings. The van der Waals surface area contributed by atoms with Crippen molar-refractivity contribution in [3.8, 4) is 22.3 Å². The van der Waals surface area contributed by atoms with Crippen molar-refractivity contribution in [2.24, 2.45) is 0 Å². The number of unbranched alkanes of at least 4 members (excludes halogenated alkanes) is 3. The summed E-state index contributed by atoms with van der Waals surface area (Å²) >= 11 is 0. The summed E-state index contributed by atoms with van der Waals surface area (Å²) in [6.45, 7) is 6.18. The third-order valence-corrected chi connectivity index (χ3v) is 6.18. The number of hydrogen-bond acceptors (Lipinski definition) is 2. The van der Waals surface area contributed by atoms with Gasteiger partial charge < -0.3 is 15.0 Å². The van der Waals surface area contributed by atoms with Crippen molar-refractivity contribution in [2.75, 3.05) is 0 Å². The molecular formula is C29H35FN2O3. The van der Waals surface area contributed by atoms with Gasteiger partial charge in [-0.15, -0.1) is 0 Å². The number of rotatable bonds is 12. The molecule has 0 bridgehead atoms. The quantitative estimate of drug-likeness (QED) is 0.283. The van der Waals surface area contributed by atoms with Crippen LogP contribution in [-0.2, 0) is 22.6 Å². The number of carboxylic acid groups (broad SMARTS) is 1. The van der Waals surface area contributed by atoms with E-state index in [0.717, 1.165) is 59.3 Å². The fraction of sp³-hybridized carbons (Fsp3) is 0.379. The highest BCUT2D eigenvalue weighted by Gasteiger charge is 2.26. The summed E-state index contributed by atoms with van der Waals surface area (Å²) < 4.78 is 16.1. The predicted octanol–water partition coefficient (Wildman–Crippen LogP) is 6.76. The number of aromatic nitrogens is 1. The average molecular weight is 479 g/mol. The number of benzene rings is 2. The van der Waals surface area contributed by atoms with Crippen molar-refractivity contribution in [1.29, 1.82) is 0 Å².